The third-order valence-corrected chi connectivity index (χ3v) is 3.55. The van der Waals surface area contributed by atoms with E-state index in [1.165, 1.54) is 11.3 Å². The van der Waals surface area contributed by atoms with Crippen molar-refractivity contribution in [3.63, 3.8) is 0 Å². The van der Waals surface area contributed by atoms with Crippen LogP contribution in [0.15, 0.2) is 0 Å². The minimum absolute atomic E-state index is 0.231. The molecule has 1 N–H and O–H groups in total. The largest absolute Gasteiger partial charge is 0.323 e. The van der Waals surface area contributed by atoms with Crippen LogP contribution in [0.1, 0.15) is 5.01 Å². The molecule has 6 nitrogen and oxygen atoms in total. The molecule has 1 saturated heterocycles. The van der Waals surface area contributed by atoms with E-state index in [4.69, 9.17) is 0 Å². The van der Waals surface area contributed by atoms with Gasteiger partial charge in [0, 0.05) is 26.2 Å². The molecule has 0 aliphatic carbocycles. The maximum Gasteiger partial charge on any atom is 0.323 e. The maximum absolute atomic E-state index is 12.2. The van der Waals surface area contributed by atoms with E-state index < -0.39 is 6.43 Å². The molecule has 0 spiro atoms. The van der Waals surface area contributed by atoms with Crippen molar-refractivity contribution in [2.75, 3.05) is 38.0 Å². The van der Waals surface area contributed by atoms with Gasteiger partial charge in [0.15, 0.2) is 0 Å². The molecule has 1 fully saturated rings. The molecule has 0 radical (unpaired) electrons. The predicted molar refractivity (Wildman–Crippen MR) is 67.7 cm³/mol. The van der Waals surface area contributed by atoms with Crippen LogP contribution in [0.5, 0.6) is 0 Å². The number of nitrogens with one attached hydrogen (secondary N) is 1. The van der Waals surface area contributed by atoms with Gasteiger partial charge in [-0.1, -0.05) is 11.3 Å². The Labute approximate surface area is 113 Å². The lowest BCUT2D eigenvalue weighted by Gasteiger charge is -2.34. The highest BCUT2D eigenvalue weighted by atomic mass is 32.1. The summed E-state index contributed by atoms with van der Waals surface area (Å²) in [4.78, 5) is 15.1. The van der Waals surface area contributed by atoms with Crippen LogP contribution in [-0.4, -0.2) is 65.2 Å². The monoisotopic (exact) mass is 291 g/mol. The van der Waals surface area contributed by atoms with Crippen molar-refractivity contribution >= 4 is 22.5 Å². The summed E-state index contributed by atoms with van der Waals surface area (Å²) in [6.07, 6.45) is -2.33. The van der Waals surface area contributed by atoms with Gasteiger partial charge in [0.1, 0.15) is 5.01 Å². The summed E-state index contributed by atoms with van der Waals surface area (Å²) >= 11 is 1.30. The van der Waals surface area contributed by atoms with E-state index in [0.717, 1.165) is 5.01 Å². The summed E-state index contributed by atoms with van der Waals surface area (Å²) in [5.74, 6) is 0. The Hall–Kier alpha value is -1.35. The van der Waals surface area contributed by atoms with Gasteiger partial charge in [-0.25, -0.2) is 13.6 Å². The van der Waals surface area contributed by atoms with Crippen LogP contribution >= 0.6 is 11.3 Å². The van der Waals surface area contributed by atoms with Crippen LogP contribution in [0.3, 0.4) is 0 Å². The van der Waals surface area contributed by atoms with Crippen LogP contribution in [-0.2, 0) is 0 Å². The molecule has 0 atom stereocenters. The van der Waals surface area contributed by atoms with E-state index in [-0.39, 0.29) is 12.6 Å². The molecule has 0 saturated carbocycles. The fourth-order valence-electron chi connectivity index (χ4n) is 1.85. The molecule has 19 heavy (non-hydrogen) atoms. The summed E-state index contributed by atoms with van der Waals surface area (Å²) in [6, 6.07) is -0.257. The van der Waals surface area contributed by atoms with Gasteiger partial charge < -0.3 is 4.90 Å². The number of piperazine rings is 1. The third-order valence-electron chi connectivity index (χ3n) is 2.80. The lowest BCUT2D eigenvalue weighted by atomic mass is 10.3. The molecule has 1 aliphatic rings. The molecule has 1 aliphatic heterocycles. The molecule has 2 amide bonds. The molecular formula is C10H15F2N5OS. The van der Waals surface area contributed by atoms with Crippen LogP contribution in [0, 0.1) is 6.92 Å². The van der Waals surface area contributed by atoms with Gasteiger partial charge in [-0.2, -0.15) is 0 Å². The second kappa shape index (κ2) is 6.20. The zero-order chi connectivity index (χ0) is 13.8. The van der Waals surface area contributed by atoms with Gasteiger partial charge in [0.2, 0.25) is 5.13 Å². The standard InChI is InChI=1S/C10H15F2N5OS/c1-7-14-15-9(19-7)13-10(18)17-4-2-16(3-5-17)6-8(11)12/h8H,2-6H2,1H3,(H,13,15,18). The zero-order valence-electron chi connectivity index (χ0n) is 10.5. The number of hydrogen-bond donors (Lipinski definition) is 1. The Morgan fingerprint density at radius 1 is 1.37 bits per heavy atom. The normalized spacial score (nSPS) is 16.9. The van der Waals surface area contributed by atoms with Crippen molar-refractivity contribution < 1.29 is 13.6 Å². The minimum atomic E-state index is -2.33. The van der Waals surface area contributed by atoms with E-state index in [0.29, 0.717) is 31.3 Å². The molecular weight excluding hydrogens is 276 g/mol. The number of halogens is 2. The smallest absolute Gasteiger partial charge is 0.322 e. The number of aryl methyl sites for hydroxylation is 1. The van der Waals surface area contributed by atoms with Crippen LogP contribution in [0.4, 0.5) is 18.7 Å². The van der Waals surface area contributed by atoms with Gasteiger partial charge in [0.25, 0.3) is 6.43 Å². The Morgan fingerprint density at radius 2 is 2.05 bits per heavy atom. The number of nitrogens with zero attached hydrogens (tertiary/aromatic N) is 4. The Bertz CT molecular complexity index is 433. The SMILES string of the molecule is Cc1nnc(NC(=O)N2CCN(CC(F)F)CC2)s1. The van der Waals surface area contributed by atoms with Crippen LogP contribution in [0.2, 0.25) is 0 Å². The van der Waals surface area contributed by atoms with Crippen LogP contribution < -0.4 is 5.32 Å². The first kappa shape index (κ1) is 14.1. The van der Waals surface area contributed by atoms with Crippen molar-refractivity contribution in [3.8, 4) is 0 Å². The summed E-state index contributed by atoms with van der Waals surface area (Å²) in [6.45, 7) is 3.38. The number of hydrogen-bond acceptors (Lipinski definition) is 5. The minimum Gasteiger partial charge on any atom is -0.322 e. The molecule has 0 bridgehead atoms. The molecule has 9 heteroatoms. The number of amides is 2. The van der Waals surface area contributed by atoms with E-state index in [2.05, 4.69) is 15.5 Å². The van der Waals surface area contributed by atoms with Crippen LogP contribution in [0.25, 0.3) is 0 Å². The highest BCUT2D eigenvalue weighted by Gasteiger charge is 2.23. The van der Waals surface area contributed by atoms with Crippen molar-refractivity contribution in [2.24, 2.45) is 0 Å². The summed E-state index contributed by atoms with van der Waals surface area (Å²) in [5, 5.41) is 11.5. The molecule has 2 heterocycles. The fraction of sp³-hybridized carbons (Fsp3) is 0.700. The Balaban J connectivity index is 1.79. The highest BCUT2D eigenvalue weighted by molar-refractivity contribution is 7.15. The Kier molecular flexibility index (Phi) is 4.59. The highest BCUT2D eigenvalue weighted by Crippen LogP contribution is 2.15. The van der Waals surface area contributed by atoms with E-state index in [1.807, 2.05) is 0 Å². The number of carbonyl (C=O) groups is 1. The zero-order valence-corrected chi connectivity index (χ0v) is 11.3. The number of aromatic nitrogens is 2. The maximum atomic E-state index is 12.2. The topological polar surface area (TPSA) is 61.4 Å². The van der Waals surface area contributed by atoms with Gasteiger partial charge in [-0.3, -0.25) is 10.2 Å². The number of alkyl halides is 2. The van der Waals surface area contributed by atoms with E-state index >= 15 is 0 Å². The Morgan fingerprint density at radius 3 is 2.58 bits per heavy atom. The molecule has 106 valence electrons. The number of urea groups is 1. The second-order valence-corrected chi connectivity index (χ2v) is 5.42. The quantitative estimate of drug-likeness (QED) is 0.911. The lowest BCUT2D eigenvalue weighted by molar-refractivity contribution is 0.0651. The number of rotatable bonds is 3. The average Bonchev–Trinajstić information content (AvgIpc) is 2.75. The molecule has 1 aromatic rings. The number of carbonyl (C=O) groups excluding carboxylic acids is 1. The van der Waals surface area contributed by atoms with Crippen molar-refractivity contribution in [1.82, 2.24) is 20.0 Å². The van der Waals surface area contributed by atoms with E-state index in [9.17, 15) is 13.6 Å². The molecule has 0 unspecified atom stereocenters. The third kappa shape index (κ3) is 4.06. The molecule has 0 aromatic carbocycles. The summed E-state index contributed by atoms with van der Waals surface area (Å²) in [5.41, 5.74) is 0. The fourth-order valence-corrected chi connectivity index (χ4v) is 2.43. The van der Waals surface area contributed by atoms with Crippen molar-refractivity contribution in [2.45, 2.75) is 13.3 Å². The first-order valence-electron chi connectivity index (χ1n) is 5.91. The van der Waals surface area contributed by atoms with Gasteiger partial charge in [0.05, 0.1) is 6.54 Å². The molecule has 2 rings (SSSR count). The van der Waals surface area contributed by atoms with Crippen molar-refractivity contribution in [1.29, 1.82) is 0 Å². The summed E-state index contributed by atoms with van der Waals surface area (Å²) < 4.78 is 24.4. The van der Waals surface area contributed by atoms with Gasteiger partial charge >= 0.3 is 6.03 Å². The first-order valence-corrected chi connectivity index (χ1v) is 6.73. The van der Waals surface area contributed by atoms with Gasteiger partial charge in [-0.05, 0) is 6.92 Å². The summed E-state index contributed by atoms with van der Waals surface area (Å²) in [7, 11) is 0. The van der Waals surface area contributed by atoms with E-state index in [1.54, 1.807) is 16.7 Å². The average molecular weight is 291 g/mol. The second-order valence-electron chi connectivity index (χ2n) is 4.24. The number of anilines is 1. The predicted octanol–water partition coefficient (Wildman–Crippen LogP) is 1.26. The van der Waals surface area contributed by atoms with Crippen molar-refractivity contribution in [3.05, 3.63) is 5.01 Å². The van der Waals surface area contributed by atoms with Gasteiger partial charge in [-0.15, -0.1) is 10.2 Å². The first-order chi connectivity index (χ1) is 9.04. The molecule has 1 aromatic heterocycles. The lowest BCUT2D eigenvalue weighted by Crippen LogP contribution is -2.50.